The molecule has 0 bridgehead atoms. The fraction of sp³-hybridized carbons (Fsp3) is 0.800. The number of urea groups is 1. The van der Waals surface area contributed by atoms with Gasteiger partial charge in [-0.1, -0.05) is 0 Å². The second-order valence-corrected chi connectivity index (χ2v) is 4.16. The molecule has 15 heavy (non-hydrogen) atoms. The first-order valence-electron chi connectivity index (χ1n) is 5.48. The summed E-state index contributed by atoms with van der Waals surface area (Å²) in [5, 5.41) is 3.27. The van der Waals surface area contributed by atoms with Gasteiger partial charge in [0.1, 0.15) is 0 Å². The molecule has 2 heterocycles. The number of piperidine rings is 1. The van der Waals surface area contributed by atoms with Gasteiger partial charge in [0, 0.05) is 26.1 Å². The van der Waals surface area contributed by atoms with E-state index in [9.17, 15) is 9.59 Å². The Morgan fingerprint density at radius 2 is 1.93 bits per heavy atom. The number of amides is 3. The van der Waals surface area contributed by atoms with Crippen molar-refractivity contribution in [3.8, 4) is 0 Å². The van der Waals surface area contributed by atoms with Crippen molar-refractivity contribution in [3.05, 3.63) is 0 Å². The number of hydrogen-bond donors (Lipinski definition) is 1. The zero-order chi connectivity index (χ0) is 10.8. The molecular weight excluding hydrogens is 194 g/mol. The standard InChI is InChI=1S/C10H17N3O2/c1-12-9(14)4-7-13(10(12)15)8-2-5-11-6-3-8/h8,11H,2-7H2,1H3. The molecule has 5 nitrogen and oxygen atoms in total. The van der Waals surface area contributed by atoms with Crippen molar-refractivity contribution < 1.29 is 9.59 Å². The largest absolute Gasteiger partial charge is 0.326 e. The fourth-order valence-corrected chi connectivity index (χ4v) is 2.24. The van der Waals surface area contributed by atoms with Gasteiger partial charge in [0.15, 0.2) is 0 Å². The van der Waals surface area contributed by atoms with Crippen LogP contribution in [0.25, 0.3) is 0 Å². The third kappa shape index (κ3) is 1.97. The van der Waals surface area contributed by atoms with Crippen molar-refractivity contribution in [2.75, 3.05) is 26.7 Å². The number of hydrogen-bond acceptors (Lipinski definition) is 3. The van der Waals surface area contributed by atoms with E-state index in [0.717, 1.165) is 25.9 Å². The lowest BCUT2D eigenvalue weighted by molar-refractivity contribution is -0.130. The van der Waals surface area contributed by atoms with Crippen molar-refractivity contribution in [2.45, 2.75) is 25.3 Å². The predicted octanol–water partition coefficient (Wildman–Crippen LogP) is 0.0225. The molecule has 0 aliphatic carbocycles. The first kappa shape index (κ1) is 10.4. The molecule has 1 N–H and O–H groups in total. The minimum atomic E-state index is -0.127. The van der Waals surface area contributed by atoms with Gasteiger partial charge in [0.25, 0.3) is 0 Å². The summed E-state index contributed by atoms with van der Waals surface area (Å²) in [7, 11) is 1.57. The first-order valence-corrected chi connectivity index (χ1v) is 5.48. The molecule has 2 aliphatic rings. The number of nitrogens with zero attached hydrogens (tertiary/aromatic N) is 2. The van der Waals surface area contributed by atoms with Gasteiger partial charge in [-0.05, 0) is 25.9 Å². The molecule has 84 valence electrons. The van der Waals surface area contributed by atoms with Crippen molar-refractivity contribution >= 4 is 11.9 Å². The van der Waals surface area contributed by atoms with E-state index < -0.39 is 0 Å². The Morgan fingerprint density at radius 1 is 1.27 bits per heavy atom. The second kappa shape index (κ2) is 4.18. The van der Waals surface area contributed by atoms with Crippen LogP contribution in [0.1, 0.15) is 19.3 Å². The summed E-state index contributed by atoms with van der Waals surface area (Å²) >= 11 is 0. The Hall–Kier alpha value is -1.10. The molecule has 3 amide bonds. The van der Waals surface area contributed by atoms with Gasteiger partial charge >= 0.3 is 6.03 Å². The van der Waals surface area contributed by atoms with E-state index in [-0.39, 0.29) is 11.9 Å². The van der Waals surface area contributed by atoms with Crippen molar-refractivity contribution in [3.63, 3.8) is 0 Å². The third-order valence-electron chi connectivity index (χ3n) is 3.22. The van der Waals surface area contributed by atoms with Crippen LogP contribution in [0.2, 0.25) is 0 Å². The van der Waals surface area contributed by atoms with Gasteiger partial charge in [0.2, 0.25) is 5.91 Å². The van der Waals surface area contributed by atoms with Crippen LogP contribution in [0.4, 0.5) is 4.79 Å². The van der Waals surface area contributed by atoms with Gasteiger partial charge in [-0.15, -0.1) is 0 Å². The molecule has 0 unspecified atom stereocenters. The summed E-state index contributed by atoms with van der Waals surface area (Å²) in [6.07, 6.45) is 2.45. The highest BCUT2D eigenvalue weighted by Gasteiger charge is 2.33. The van der Waals surface area contributed by atoms with E-state index in [1.807, 2.05) is 4.90 Å². The highest BCUT2D eigenvalue weighted by atomic mass is 16.2. The lowest BCUT2D eigenvalue weighted by Gasteiger charge is -2.39. The van der Waals surface area contributed by atoms with Gasteiger partial charge in [-0.25, -0.2) is 4.79 Å². The van der Waals surface area contributed by atoms with Crippen LogP contribution in [0.15, 0.2) is 0 Å². The van der Waals surface area contributed by atoms with Crippen molar-refractivity contribution in [2.24, 2.45) is 0 Å². The van der Waals surface area contributed by atoms with Crippen LogP contribution in [0.5, 0.6) is 0 Å². The van der Waals surface area contributed by atoms with E-state index in [4.69, 9.17) is 0 Å². The lowest BCUT2D eigenvalue weighted by atomic mass is 10.0. The number of rotatable bonds is 1. The number of imide groups is 1. The van der Waals surface area contributed by atoms with Crippen LogP contribution in [0.3, 0.4) is 0 Å². The summed E-state index contributed by atoms with van der Waals surface area (Å²) in [5.74, 6) is -0.0646. The van der Waals surface area contributed by atoms with Crippen LogP contribution in [-0.2, 0) is 4.79 Å². The average molecular weight is 211 g/mol. The maximum Gasteiger partial charge on any atom is 0.326 e. The minimum Gasteiger partial charge on any atom is -0.321 e. The molecule has 5 heteroatoms. The zero-order valence-corrected chi connectivity index (χ0v) is 9.03. The molecule has 2 saturated heterocycles. The Bertz CT molecular complexity index is 274. The van der Waals surface area contributed by atoms with Gasteiger partial charge < -0.3 is 10.2 Å². The average Bonchev–Trinajstić information content (AvgIpc) is 2.27. The molecule has 0 radical (unpaired) electrons. The topological polar surface area (TPSA) is 52.7 Å². The van der Waals surface area contributed by atoms with E-state index in [2.05, 4.69) is 5.32 Å². The molecule has 0 spiro atoms. The number of carbonyl (C=O) groups excluding carboxylic acids is 2. The SMILES string of the molecule is CN1C(=O)CCN(C2CCNCC2)C1=O. The summed E-state index contributed by atoms with van der Waals surface area (Å²) in [4.78, 5) is 26.2. The number of carbonyl (C=O) groups is 2. The number of nitrogens with one attached hydrogen (secondary N) is 1. The normalized spacial score (nSPS) is 24.9. The highest BCUT2D eigenvalue weighted by Crippen LogP contribution is 2.18. The molecular formula is C10H17N3O2. The first-order chi connectivity index (χ1) is 7.20. The highest BCUT2D eigenvalue weighted by molar-refractivity contribution is 5.96. The molecule has 0 aromatic carbocycles. The van der Waals surface area contributed by atoms with E-state index in [1.165, 1.54) is 4.90 Å². The van der Waals surface area contributed by atoms with Crippen LogP contribution in [-0.4, -0.2) is 54.5 Å². The summed E-state index contributed by atoms with van der Waals surface area (Å²) in [6.45, 7) is 2.52. The van der Waals surface area contributed by atoms with E-state index in [0.29, 0.717) is 19.0 Å². The second-order valence-electron chi connectivity index (χ2n) is 4.16. The minimum absolute atomic E-state index is 0.0646. The van der Waals surface area contributed by atoms with E-state index >= 15 is 0 Å². The summed E-state index contributed by atoms with van der Waals surface area (Å²) < 4.78 is 0. The molecule has 0 saturated carbocycles. The lowest BCUT2D eigenvalue weighted by Crippen LogP contribution is -2.56. The van der Waals surface area contributed by atoms with Crippen molar-refractivity contribution in [1.82, 2.24) is 15.1 Å². The maximum absolute atomic E-state index is 11.8. The Kier molecular flexibility index (Phi) is 2.90. The van der Waals surface area contributed by atoms with Crippen molar-refractivity contribution in [1.29, 1.82) is 0 Å². The summed E-state index contributed by atoms with van der Waals surface area (Å²) in [6, 6.07) is 0.187. The maximum atomic E-state index is 11.8. The quantitative estimate of drug-likeness (QED) is 0.665. The monoisotopic (exact) mass is 211 g/mol. The fourth-order valence-electron chi connectivity index (χ4n) is 2.24. The van der Waals surface area contributed by atoms with Crippen LogP contribution in [0, 0.1) is 0 Å². The van der Waals surface area contributed by atoms with Crippen LogP contribution < -0.4 is 5.32 Å². The molecule has 0 aromatic heterocycles. The Balaban J connectivity index is 2.02. The third-order valence-corrected chi connectivity index (χ3v) is 3.22. The zero-order valence-electron chi connectivity index (χ0n) is 9.03. The van der Waals surface area contributed by atoms with E-state index in [1.54, 1.807) is 7.05 Å². The molecule has 0 aromatic rings. The molecule has 2 rings (SSSR count). The van der Waals surface area contributed by atoms with Gasteiger partial charge in [0.05, 0.1) is 0 Å². The van der Waals surface area contributed by atoms with Gasteiger partial charge in [-0.3, -0.25) is 9.69 Å². The molecule has 2 aliphatic heterocycles. The Labute approximate surface area is 89.4 Å². The molecule has 2 fully saturated rings. The predicted molar refractivity (Wildman–Crippen MR) is 55.4 cm³/mol. The Morgan fingerprint density at radius 3 is 2.60 bits per heavy atom. The van der Waals surface area contributed by atoms with Gasteiger partial charge in [-0.2, -0.15) is 0 Å². The smallest absolute Gasteiger partial charge is 0.321 e. The summed E-state index contributed by atoms with van der Waals surface area (Å²) in [5.41, 5.74) is 0. The molecule has 0 atom stereocenters. The van der Waals surface area contributed by atoms with Crippen LogP contribution >= 0.6 is 0 Å².